The third-order valence-corrected chi connectivity index (χ3v) is 3.51. The van der Waals surface area contributed by atoms with Crippen molar-refractivity contribution < 1.29 is 9.90 Å². The van der Waals surface area contributed by atoms with Gasteiger partial charge < -0.3 is 5.11 Å². The number of carboxylic acids is 1. The smallest absolute Gasteiger partial charge is 0.373 e. The Morgan fingerprint density at radius 3 is 2.60 bits per heavy atom. The van der Waals surface area contributed by atoms with Crippen LogP contribution < -0.4 is 0 Å². The Hall–Kier alpha value is -2.23. The summed E-state index contributed by atoms with van der Waals surface area (Å²) in [5.74, 6) is -0.885. The molecule has 1 saturated carbocycles. The van der Waals surface area contributed by atoms with Crippen molar-refractivity contribution in [2.45, 2.75) is 25.2 Å². The quantitative estimate of drug-likeness (QED) is 0.484. The second-order valence-corrected chi connectivity index (χ2v) is 4.87. The third kappa shape index (κ3) is 3.20. The molecule has 2 rings (SSSR count). The van der Waals surface area contributed by atoms with Gasteiger partial charge in [0.1, 0.15) is 0 Å². The largest absolute Gasteiger partial charge is 0.475 e. The van der Waals surface area contributed by atoms with Gasteiger partial charge >= 0.3 is 5.97 Å². The van der Waals surface area contributed by atoms with Gasteiger partial charge in [0.15, 0.2) is 0 Å². The van der Waals surface area contributed by atoms with Crippen molar-refractivity contribution in [2.75, 3.05) is 7.05 Å². The molecule has 20 heavy (non-hydrogen) atoms. The van der Waals surface area contributed by atoms with Crippen LogP contribution in [0.2, 0.25) is 0 Å². The number of hydrogen-bond donors (Lipinski definition) is 1. The van der Waals surface area contributed by atoms with Gasteiger partial charge in [0.05, 0.1) is 0 Å². The number of amidine groups is 1. The van der Waals surface area contributed by atoms with E-state index in [9.17, 15) is 4.79 Å². The summed E-state index contributed by atoms with van der Waals surface area (Å²) in [7, 11) is 1.44. The zero-order chi connectivity index (χ0) is 14.5. The lowest BCUT2D eigenvalue weighted by atomic mass is 9.80. The SMILES string of the molecule is C=C1CC(=NC(=NC)C(=O)O)CC[C@H]1c1ccccc1. The first-order valence-corrected chi connectivity index (χ1v) is 6.61. The van der Waals surface area contributed by atoms with Crippen LogP contribution in [0.5, 0.6) is 0 Å². The Morgan fingerprint density at radius 1 is 1.35 bits per heavy atom. The van der Waals surface area contributed by atoms with Crippen LogP contribution in [0.1, 0.15) is 30.7 Å². The number of hydrogen-bond acceptors (Lipinski definition) is 2. The van der Waals surface area contributed by atoms with Gasteiger partial charge in [-0.2, -0.15) is 0 Å². The van der Waals surface area contributed by atoms with Crippen molar-refractivity contribution in [1.82, 2.24) is 0 Å². The maximum absolute atomic E-state index is 10.9. The topological polar surface area (TPSA) is 62.0 Å². The lowest BCUT2D eigenvalue weighted by Crippen LogP contribution is -2.19. The second kappa shape index (κ2) is 6.28. The first kappa shape index (κ1) is 14.2. The summed E-state index contributed by atoms with van der Waals surface area (Å²) in [5, 5.41) is 8.94. The molecule has 0 unspecified atom stereocenters. The van der Waals surface area contributed by atoms with E-state index in [2.05, 4.69) is 28.7 Å². The zero-order valence-electron chi connectivity index (χ0n) is 11.5. The van der Waals surface area contributed by atoms with E-state index < -0.39 is 5.97 Å². The summed E-state index contributed by atoms with van der Waals surface area (Å²) in [6, 6.07) is 10.3. The van der Waals surface area contributed by atoms with E-state index in [1.54, 1.807) is 0 Å². The molecule has 0 aromatic heterocycles. The fourth-order valence-electron chi connectivity index (χ4n) is 2.52. The summed E-state index contributed by atoms with van der Waals surface area (Å²) >= 11 is 0. The maximum atomic E-state index is 10.9. The van der Waals surface area contributed by atoms with Gasteiger partial charge in [-0.1, -0.05) is 42.5 Å². The first-order valence-electron chi connectivity index (χ1n) is 6.61. The molecule has 1 aromatic rings. The molecule has 4 heteroatoms. The number of nitrogens with zero attached hydrogens (tertiary/aromatic N) is 2. The Morgan fingerprint density at radius 2 is 2.05 bits per heavy atom. The van der Waals surface area contributed by atoms with E-state index in [0.717, 1.165) is 24.1 Å². The molecule has 104 valence electrons. The van der Waals surface area contributed by atoms with Crippen molar-refractivity contribution in [3.63, 3.8) is 0 Å². The molecule has 1 atom stereocenters. The summed E-state index contributed by atoms with van der Waals surface area (Å²) in [4.78, 5) is 18.7. The van der Waals surface area contributed by atoms with Crippen molar-refractivity contribution in [1.29, 1.82) is 0 Å². The van der Waals surface area contributed by atoms with Crippen LogP contribution in [-0.4, -0.2) is 29.7 Å². The Labute approximate surface area is 118 Å². The summed E-state index contributed by atoms with van der Waals surface area (Å²) in [6.45, 7) is 4.13. The number of rotatable bonds is 1. The minimum atomic E-state index is -1.09. The predicted octanol–water partition coefficient (Wildman–Crippen LogP) is 3.06. The highest BCUT2D eigenvalue weighted by molar-refractivity contribution is 6.36. The summed E-state index contributed by atoms with van der Waals surface area (Å²) < 4.78 is 0. The monoisotopic (exact) mass is 270 g/mol. The van der Waals surface area contributed by atoms with Crippen molar-refractivity contribution >= 4 is 17.5 Å². The van der Waals surface area contributed by atoms with Crippen molar-refractivity contribution in [3.8, 4) is 0 Å². The molecule has 1 aliphatic carbocycles. The van der Waals surface area contributed by atoms with E-state index >= 15 is 0 Å². The number of carbonyl (C=O) groups is 1. The van der Waals surface area contributed by atoms with Gasteiger partial charge in [0.25, 0.3) is 0 Å². The van der Waals surface area contributed by atoms with Gasteiger partial charge in [-0.3, -0.25) is 4.99 Å². The van der Waals surface area contributed by atoms with E-state index in [1.807, 2.05) is 18.2 Å². The molecule has 0 amide bonds. The fourth-order valence-corrected chi connectivity index (χ4v) is 2.52. The molecule has 1 aliphatic rings. The van der Waals surface area contributed by atoms with E-state index in [0.29, 0.717) is 12.3 Å². The van der Waals surface area contributed by atoms with Gasteiger partial charge in [-0.25, -0.2) is 9.79 Å². The number of allylic oxidation sites excluding steroid dienone is 1. The highest BCUT2D eigenvalue weighted by atomic mass is 16.4. The molecule has 1 N–H and O–H groups in total. The predicted molar refractivity (Wildman–Crippen MR) is 80.6 cm³/mol. The third-order valence-electron chi connectivity index (χ3n) is 3.51. The number of carboxylic acid groups (broad SMARTS) is 1. The lowest BCUT2D eigenvalue weighted by Gasteiger charge is -2.26. The fraction of sp³-hybridized carbons (Fsp3) is 0.312. The second-order valence-electron chi connectivity index (χ2n) is 4.87. The van der Waals surface area contributed by atoms with E-state index in [4.69, 9.17) is 5.11 Å². The highest BCUT2D eigenvalue weighted by Gasteiger charge is 2.23. The minimum absolute atomic E-state index is 0.133. The number of benzene rings is 1. The number of aliphatic imine (C=N–C) groups is 2. The molecular weight excluding hydrogens is 252 g/mol. The van der Waals surface area contributed by atoms with Crippen LogP contribution >= 0.6 is 0 Å². The molecule has 1 aromatic carbocycles. The van der Waals surface area contributed by atoms with Gasteiger partial charge in [0, 0.05) is 25.1 Å². The average Bonchev–Trinajstić information content (AvgIpc) is 2.45. The molecule has 0 saturated heterocycles. The van der Waals surface area contributed by atoms with Crippen LogP contribution in [0.15, 0.2) is 52.5 Å². The van der Waals surface area contributed by atoms with Crippen LogP contribution in [-0.2, 0) is 4.79 Å². The Balaban J connectivity index is 2.12. The molecule has 4 nitrogen and oxygen atoms in total. The maximum Gasteiger partial charge on any atom is 0.373 e. The van der Waals surface area contributed by atoms with Gasteiger partial charge in [-0.05, 0) is 18.4 Å². The highest BCUT2D eigenvalue weighted by Crippen LogP contribution is 2.35. The molecule has 0 radical (unpaired) electrons. The number of aliphatic carboxylic acids is 1. The lowest BCUT2D eigenvalue weighted by molar-refractivity contribution is -0.129. The summed E-state index contributed by atoms with van der Waals surface area (Å²) in [5.41, 5.74) is 3.20. The van der Waals surface area contributed by atoms with E-state index in [1.165, 1.54) is 12.6 Å². The van der Waals surface area contributed by atoms with Crippen LogP contribution in [0.4, 0.5) is 0 Å². The molecule has 0 spiro atoms. The molecule has 0 heterocycles. The Bertz CT molecular complexity index is 573. The first-order chi connectivity index (χ1) is 9.61. The molecule has 0 bridgehead atoms. The Kier molecular flexibility index (Phi) is 4.45. The zero-order valence-corrected chi connectivity index (χ0v) is 11.5. The van der Waals surface area contributed by atoms with Gasteiger partial charge in [-0.15, -0.1) is 0 Å². The molecule has 0 aliphatic heterocycles. The average molecular weight is 270 g/mol. The van der Waals surface area contributed by atoms with Crippen LogP contribution in [0.3, 0.4) is 0 Å². The molecular formula is C16H18N2O2. The van der Waals surface area contributed by atoms with Crippen molar-refractivity contribution in [2.24, 2.45) is 9.98 Å². The van der Waals surface area contributed by atoms with Crippen LogP contribution in [0, 0.1) is 0 Å². The summed E-state index contributed by atoms with van der Waals surface area (Å²) in [6.07, 6.45) is 2.34. The normalized spacial score (nSPS) is 22.1. The molecule has 1 fully saturated rings. The van der Waals surface area contributed by atoms with Crippen molar-refractivity contribution in [3.05, 3.63) is 48.0 Å². The van der Waals surface area contributed by atoms with Crippen LogP contribution in [0.25, 0.3) is 0 Å². The minimum Gasteiger partial charge on any atom is -0.475 e. The standard InChI is InChI=1S/C16H18N2O2/c1-11-10-13(18-15(17-2)16(19)20)8-9-14(11)12-6-4-3-5-7-12/h3-7,14H,1,8-10H2,2H3,(H,19,20)/t14-/m1/s1. The van der Waals surface area contributed by atoms with E-state index in [-0.39, 0.29) is 5.84 Å². The van der Waals surface area contributed by atoms with Gasteiger partial charge in [0.2, 0.25) is 5.84 Å².